The molecule has 0 bridgehead atoms. The Hall–Kier alpha value is -0.380. The zero-order valence-corrected chi connectivity index (χ0v) is 9.25. The second-order valence-corrected chi connectivity index (χ2v) is 4.64. The lowest BCUT2D eigenvalue weighted by molar-refractivity contribution is 0.0896. The van der Waals surface area contributed by atoms with E-state index in [1.807, 2.05) is 0 Å². The minimum atomic E-state index is -2.77. The Bertz CT molecular complexity index is 408. The monoisotopic (exact) mass is 251 g/mol. The third-order valence-electron chi connectivity index (χ3n) is 2.89. The Morgan fingerprint density at radius 1 is 1.33 bits per heavy atom. The van der Waals surface area contributed by atoms with E-state index in [2.05, 4.69) is 0 Å². The van der Waals surface area contributed by atoms with Crippen LogP contribution < -0.4 is 5.73 Å². The minimum absolute atomic E-state index is 0.125. The average molecular weight is 252 g/mol. The van der Waals surface area contributed by atoms with Gasteiger partial charge in [-0.15, -0.1) is 0 Å². The van der Waals surface area contributed by atoms with Crippen LogP contribution in [0.1, 0.15) is 12.0 Å². The Kier molecular flexibility index (Phi) is 2.45. The number of benzene rings is 1. The van der Waals surface area contributed by atoms with Crippen molar-refractivity contribution in [2.45, 2.75) is 17.8 Å². The SMILES string of the molecule is NCC1(c2cc(Cl)ccc2Cl)CC1(F)F. The summed E-state index contributed by atoms with van der Waals surface area (Å²) in [7, 11) is 0. The standard InChI is InChI=1S/C10H9Cl2F2N/c11-6-1-2-8(12)7(3-6)9(5-15)4-10(9,13)14/h1-3H,4-5,15H2. The maximum absolute atomic E-state index is 13.3. The Labute approximate surface area is 96.2 Å². The first-order valence-electron chi connectivity index (χ1n) is 4.46. The van der Waals surface area contributed by atoms with Gasteiger partial charge in [-0.2, -0.15) is 0 Å². The highest BCUT2D eigenvalue weighted by atomic mass is 35.5. The summed E-state index contributed by atoms with van der Waals surface area (Å²) in [5.74, 6) is -2.77. The van der Waals surface area contributed by atoms with Crippen LogP contribution in [0.5, 0.6) is 0 Å². The molecule has 2 rings (SSSR count). The molecule has 0 heterocycles. The normalized spacial score (nSPS) is 27.8. The Balaban J connectivity index is 2.50. The van der Waals surface area contributed by atoms with Crippen LogP contribution >= 0.6 is 23.2 Å². The quantitative estimate of drug-likeness (QED) is 0.859. The molecule has 1 nitrogen and oxygen atoms in total. The molecule has 0 saturated heterocycles. The van der Waals surface area contributed by atoms with Gasteiger partial charge in [0.2, 0.25) is 0 Å². The van der Waals surface area contributed by atoms with Crippen LogP contribution in [-0.4, -0.2) is 12.5 Å². The van der Waals surface area contributed by atoms with Gasteiger partial charge >= 0.3 is 0 Å². The third kappa shape index (κ3) is 1.53. The van der Waals surface area contributed by atoms with Gasteiger partial charge in [0.15, 0.2) is 0 Å². The molecule has 15 heavy (non-hydrogen) atoms. The fourth-order valence-electron chi connectivity index (χ4n) is 1.82. The second-order valence-electron chi connectivity index (χ2n) is 3.79. The van der Waals surface area contributed by atoms with Gasteiger partial charge in [-0.1, -0.05) is 23.2 Å². The first kappa shape index (κ1) is 11.1. The molecule has 1 aromatic rings. The minimum Gasteiger partial charge on any atom is -0.329 e. The molecular formula is C10H9Cl2F2N. The van der Waals surface area contributed by atoms with Gasteiger partial charge in [0.25, 0.3) is 5.92 Å². The summed E-state index contributed by atoms with van der Waals surface area (Å²) < 4.78 is 26.5. The molecule has 1 aliphatic rings. The van der Waals surface area contributed by atoms with E-state index in [-0.39, 0.29) is 13.0 Å². The number of hydrogen-bond donors (Lipinski definition) is 1. The van der Waals surface area contributed by atoms with Gasteiger partial charge < -0.3 is 5.73 Å². The maximum atomic E-state index is 13.3. The summed E-state index contributed by atoms with van der Waals surface area (Å²) in [6.07, 6.45) is -0.253. The van der Waals surface area contributed by atoms with Crippen molar-refractivity contribution in [3.05, 3.63) is 33.8 Å². The fraction of sp³-hybridized carbons (Fsp3) is 0.400. The van der Waals surface area contributed by atoms with Crippen LogP contribution in [0.15, 0.2) is 18.2 Å². The topological polar surface area (TPSA) is 26.0 Å². The molecule has 0 aliphatic heterocycles. The van der Waals surface area contributed by atoms with Crippen LogP contribution in [0.2, 0.25) is 10.0 Å². The molecule has 5 heteroatoms. The molecule has 1 atom stereocenters. The lowest BCUT2D eigenvalue weighted by Crippen LogP contribution is -2.27. The van der Waals surface area contributed by atoms with Crippen LogP contribution in [-0.2, 0) is 5.41 Å². The lowest BCUT2D eigenvalue weighted by Gasteiger charge is -2.16. The highest BCUT2D eigenvalue weighted by molar-refractivity contribution is 6.33. The number of nitrogens with two attached hydrogens (primary N) is 1. The molecule has 1 aliphatic carbocycles. The number of rotatable bonds is 2. The zero-order chi connectivity index (χ0) is 11.3. The summed E-state index contributed by atoms with van der Waals surface area (Å²) in [5, 5.41) is 0.687. The van der Waals surface area contributed by atoms with Crippen molar-refractivity contribution < 1.29 is 8.78 Å². The van der Waals surface area contributed by atoms with E-state index in [0.717, 1.165) is 0 Å². The lowest BCUT2D eigenvalue weighted by atomic mass is 9.95. The molecular weight excluding hydrogens is 243 g/mol. The summed E-state index contributed by atoms with van der Waals surface area (Å²) in [5.41, 5.74) is 4.45. The van der Waals surface area contributed by atoms with Gasteiger partial charge in [-0.05, 0) is 23.8 Å². The summed E-state index contributed by atoms with van der Waals surface area (Å²) in [4.78, 5) is 0. The highest BCUT2D eigenvalue weighted by Gasteiger charge is 2.71. The molecule has 1 aromatic carbocycles. The van der Waals surface area contributed by atoms with E-state index < -0.39 is 11.3 Å². The van der Waals surface area contributed by atoms with Crippen molar-refractivity contribution in [1.29, 1.82) is 0 Å². The molecule has 82 valence electrons. The molecule has 1 saturated carbocycles. The van der Waals surface area contributed by atoms with Crippen molar-refractivity contribution in [1.82, 2.24) is 0 Å². The van der Waals surface area contributed by atoms with Gasteiger partial charge in [0.1, 0.15) is 0 Å². The summed E-state index contributed by atoms with van der Waals surface area (Å²) in [6.45, 7) is -0.125. The van der Waals surface area contributed by atoms with Crippen LogP contribution in [0.4, 0.5) is 8.78 Å². The highest BCUT2D eigenvalue weighted by Crippen LogP contribution is 2.62. The van der Waals surface area contributed by atoms with Crippen molar-refractivity contribution in [2.75, 3.05) is 6.54 Å². The third-order valence-corrected chi connectivity index (χ3v) is 3.46. The first-order valence-corrected chi connectivity index (χ1v) is 5.22. The van der Waals surface area contributed by atoms with Crippen molar-refractivity contribution in [2.24, 2.45) is 5.73 Å². The number of halogens is 4. The van der Waals surface area contributed by atoms with Crippen LogP contribution in [0.25, 0.3) is 0 Å². The van der Waals surface area contributed by atoms with Gasteiger partial charge in [0, 0.05) is 23.0 Å². The van der Waals surface area contributed by atoms with Gasteiger partial charge in [0.05, 0.1) is 5.41 Å². The van der Waals surface area contributed by atoms with Crippen molar-refractivity contribution in [3.8, 4) is 0 Å². The Morgan fingerprint density at radius 3 is 2.40 bits per heavy atom. The van der Waals surface area contributed by atoms with Crippen LogP contribution in [0.3, 0.4) is 0 Å². The molecule has 0 aromatic heterocycles. The number of hydrogen-bond acceptors (Lipinski definition) is 1. The number of alkyl halides is 2. The van der Waals surface area contributed by atoms with Gasteiger partial charge in [-0.25, -0.2) is 8.78 Å². The zero-order valence-electron chi connectivity index (χ0n) is 7.74. The molecule has 0 radical (unpaired) electrons. The summed E-state index contributed by atoms with van der Waals surface area (Å²) >= 11 is 11.6. The van der Waals surface area contributed by atoms with E-state index in [1.54, 1.807) is 6.07 Å². The van der Waals surface area contributed by atoms with E-state index in [9.17, 15) is 8.78 Å². The first-order chi connectivity index (χ1) is 6.93. The maximum Gasteiger partial charge on any atom is 0.260 e. The van der Waals surface area contributed by atoms with E-state index >= 15 is 0 Å². The average Bonchev–Trinajstić information content (AvgIpc) is 2.74. The molecule has 1 unspecified atom stereocenters. The predicted molar refractivity (Wildman–Crippen MR) is 56.8 cm³/mol. The largest absolute Gasteiger partial charge is 0.329 e. The van der Waals surface area contributed by atoms with Crippen molar-refractivity contribution in [3.63, 3.8) is 0 Å². The van der Waals surface area contributed by atoms with E-state index in [0.29, 0.717) is 15.6 Å². The smallest absolute Gasteiger partial charge is 0.260 e. The Morgan fingerprint density at radius 2 is 1.93 bits per heavy atom. The molecule has 1 fully saturated rings. The van der Waals surface area contributed by atoms with Crippen LogP contribution in [0, 0.1) is 0 Å². The fourth-order valence-corrected chi connectivity index (χ4v) is 2.29. The van der Waals surface area contributed by atoms with Crippen molar-refractivity contribution >= 4 is 23.2 Å². The predicted octanol–water partition coefficient (Wildman–Crippen LogP) is 3.23. The molecule has 2 N–H and O–H groups in total. The molecule has 0 amide bonds. The van der Waals surface area contributed by atoms with Gasteiger partial charge in [-0.3, -0.25) is 0 Å². The molecule has 0 spiro atoms. The summed E-state index contributed by atoms with van der Waals surface area (Å²) in [6, 6.07) is 4.56. The second kappa shape index (κ2) is 3.30. The van der Waals surface area contributed by atoms with E-state index in [1.165, 1.54) is 12.1 Å². The van der Waals surface area contributed by atoms with E-state index in [4.69, 9.17) is 28.9 Å².